The van der Waals surface area contributed by atoms with Crippen LogP contribution in [0.2, 0.25) is 0 Å². The summed E-state index contributed by atoms with van der Waals surface area (Å²) >= 11 is 0. The van der Waals surface area contributed by atoms with E-state index in [0.717, 1.165) is 50.5 Å². The van der Waals surface area contributed by atoms with Gasteiger partial charge in [0.1, 0.15) is 0 Å². The van der Waals surface area contributed by atoms with Gasteiger partial charge in [0.15, 0.2) is 5.78 Å². The van der Waals surface area contributed by atoms with Crippen molar-refractivity contribution in [1.29, 1.82) is 0 Å². The smallest absolute Gasteiger partial charge is 0.152 e. The number of hydrogen-bond acceptors (Lipinski definition) is 3. The summed E-state index contributed by atoms with van der Waals surface area (Å²) in [5.41, 5.74) is 0.109. The first-order valence-corrected chi connectivity index (χ1v) is 8.57. The molecule has 4 saturated carbocycles. The summed E-state index contributed by atoms with van der Waals surface area (Å²) in [4.78, 5) is 17.8. The van der Waals surface area contributed by atoms with E-state index in [4.69, 9.17) is 0 Å². The van der Waals surface area contributed by atoms with E-state index in [1.165, 1.54) is 38.5 Å². The molecule has 0 N–H and O–H groups in total. The molecule has 5 aliphatic rings. The standard InChI is InChI=1S/C17H28N2O.2ClH/c1-18-2-4-19(5-3-18)12-16(20)17-9-13-6-14(10-17)8-15(7-13)11-17;;/h13-15H,2-12H2,1H3;2*1H. The maximum absolute atomic E-state index is 13.0. The second kappa shape index (κ2) is 6.96. The van der Waals surface area contributed by atoms with Gasteiger partial charge in [-0.1, -0.05) is 0 Å². The number of piperazine rings is 1. The molecule has 0 spiro atoms. The topological polar surface area (TPSA) is 23.6 Å². The van der Waals surface area contributed by atoms with Crippen LogP contribution in [0, 0.1) is 23.2 Å². The van der Waals surface area contributed by atoms with Crippen molar-refractivity contribution in [2.45, 2.75) is 38.5 Å². The number of ketones is 1. The van der Waals surface area contributed by atoms with Crippen molar-refractivity contribution in [3.63, 3.8) is 0 Å². The van der Waals surface area contributed by atoms with Crippen molar-refractivity contribution in [2.75, 3.05) is 39.8 Å². The third-order valence-corrected chi connectivity index (χ3v) is 6.59. The zero-order valence-corrected chi connectivity index (χ0v) is 15.3. The Morgan fingerprint density at radius 2 is 1.36 bits per heavy atom. The number of halogens is 2. The highest BCUT2D eigenvalue weighted by Crippen LogP contribution is 2.60. The second-order valence-corrected chi connectivity index (χ2v) is 8.20. The first-order valence-electron chi connectivity index (χ1n) is 8.57. The molecule has 5 heteroatoms. The average Bonchev–Trinajstić information content (AvgIpc) is 2.40. The van der Waals surface area contributed by atoms with E-state index in [1.807, 2.05) is 0 Å². The van der Waals surface area contributed by atoms with Crippen LogP contribution in [0.5, 0.6) is 0 Å². The van der Waals surface area contributed by atoms with Crippen LogP contribution in [0.25, 0.3) is 0 Å². The molecular weight excluding hydrogens is 319 g/mol. The molecule has 0 aromatic heterocycles. The van der Waals surface area contributed by atoms with E-state index in [9.17, 15) is 4.79 Å². The van der Waals surface area contributed by atoms with Crippen molar-refractivity contribution in [3.05, 3.63) is 0 Å². The summed E-state index contributed by atoms with van der Waals surface area (Å²) in [6, 6.07) is 0. The Morgan fingerprint density at radius 3 is 1.82 bits per heavy atom. The molecule has 4 bridgehead atoms. The zero-order valence-electron chi connectivity index (χ0n) is 13.6. The number of carbonyl (C=O) groups excluding carboxylic acids is 1. The second-order valence-electron chi connectivity index (χ2n) is 8.20. The van der Waals surface area contributed by atoms with Gasteiger partial charge in [0, 0.05) is 31.6 Å². The fourth-order valence-corrected chi connectivity index (χ4v) is 5.83. The largest absolute Gasteiger partial charge is 0.304 e. The summed E-state index contributed by atoms with van der Waals surface area (Å²) in [6.07, 6.45) is 7.98. The SMILES string of the molecule is CN1CCN(CC(=O)C23CC4CC(CC(C4)C2)C3)CC1.Cl.Cl. The van der Waals surface area contributed by atoms with Gasteiger partial charge in [-0.2, -0.15) is 0 Å². The van der Waals surface area contributed by atoms with E-state index in [2.05, 4.69) is 16.8 Å². The highest BCUT2D eigenvalue weighted by Gasteiger charge is 2.54. The van der Waals surface area contributed by atoms with Crippen molar-refractivity contribution in [1.82, 2.24) is 9.80 Å². The molecule has 0 amide bonds. The van der Waals surface area contributed by atoms with Crippen molar-refractivity contribution in [3.8, 4) is 0 Å². The first-order chi connectivity index (χ1) is 9.63. The third-order valence-electron chi connectivity index (χ3n) is 6.59. The van der Waals surface area contributed by atoms with E-state index in [1.54, 1.807) is 0 Å². The van der Waals surface area contributed by atoms with Gasteiger partial charge in [-0.3, -0.25) is 9.69 Å². The van der Waals surface area contributed by atoms with Crippen molar-refractivity contribution in [2.24, 2.45) is 23.2 Å². The molecule has 0 radical (unpaired) electrons. The number of nitrogens with zero attached hydrogens (tertiary/aromatic N) is 2. The van der Waals surface area contributed by atoms with Gasteiger partial charge in [-0.25, -0.2) is 0 Å². The summed E-state index contributed by atoms with van der Waals surface area (Å²) < 4.78 is 0. The predicted molar refractivity (Wildman–Crippen MR) is 94.0 cm³/mol. The van der Waals surface area contributed by atoms with Crippen LogP contribution in [0.15, 0.2) is 0 Å². The molecule has 0 unspecified atom stereocenters. The van der Waals surface area contributed by atoms with Gasteiger partial charge in [-0.15, -0.1) is 24.8 Å². The molecule has 128 valence electrons. The van der Waals surface area contributed by atoms with E-state index >= 15 is 0 Å². The van der Waals surface area contributed by atoms with Crippen LogP contribution in [0.4, 0.5) is 0 Å². The van der Waals surface area contributed by atoms with E-state index in [-0.39, 0.29) is 30.2 Å². The molecule has 1 aliphatic heterocycles. The quantitative estimate of drug-likeness (QED) is 0.783. The molecule has 3 nitrogen and oxygen atoms in total. The Morgan fingerprint density at radius 1 is 0.909 bits per heavy atom. The summed E-state index contributed by atoms with van der Waals surface area (Å²) in [7, 11) is 2.18. The lowest BCUT2D eigenvalue weighted by Crippen LogP contribution is -2.54. The molecule has 4 aliphatic carbocycles. The first kappa shape index (κ1) is 18.5. The van der Waals surface area contributed by atoms with Crippen LogP contribution >= 0.6 is 24.8 Å². The minimum atomic E-state index is 0. The monoisotopic (exact) mass is 348 g/mol. The average molecular weight is 349 g/mol. The summed E-state index contributed by atoms with van der Waals surface area (Å²) in [5, 5.41) is 0. The van der Waals surface area contributed by atoms with Gasteiger partial charge in [0.05, 0.1) is 6.54 Å². The molecule has 0 atom stereocenters. The lowest BCUT2D eigenvalue weighted by molar-refractivity contribution is -0.145. The van der Waals surface area contributed by atoms with Gasteiger partial charge in [0.25, 0.3) is 0 Å². The molecule has 22 heavy (non-hydrogen) atoms. The Balaban J connectivity index is 0.000000882. The molecule has 0 aromatic carbocycles. The number of carbonyl (C=O) groups is 1. The van der Waals surface area contributed by atoms with Crippen molar-refractivity contribution < 1.29 is 4.79 Å². The van der Waals surface area contributed by atoms with Crippen molar-refractivity contribution >= 4 is 30.6 Å². The Labute approximate surface area is 147 Å². The molecule has 1 heterocycles. The molecular formula is C17H30Cl2N2O. The lowest BCUT2D eigenvalue weighted by Gasteiger charge is -2.56. The highest BCUT2D eigenvalue weighted by atomic mass is 35.5. The Hall–Kier alpha value is 0.170. The fourth-order valence-electron chi connectivity index (χ4n) is 5.83. The van der Waals surface area contributed by atoms with E-state index in [0.29, 0.717) is 5.78 Å². The Kier molecular flexibility index (Phi) is 5.86. The van der Waals surface area contributed by atoms with Crippen LogP contribution in [0.1, 0.15) is 38.5 Å². The molecule has 0 aromatic rings. The summed E-state index contributed by atoms with van der Waals surface area (Å²) in [6.45, 7) is 5.13. The Bertz CT molecular complexity index is 372. The van der Waals surface area contributed by atoms with Crippen LogP contribution in [0.3, 0.4) is 0 Å². The van der Waals surface area contributed by atoms with Gasteiger partial charge < -0.3 is 4.90 Å². The van der Waals surface area contributed by atoms with Crippen LogP contribution < -0.4 is 0 Å². The lowest BCUT2D eigenvalue weighted by atomic mass is 9.48. The van der Waals surface area contributed by atoms with Gasteiger partial charge >= 0.3 is 0 Å². The third kappa shape index (κ3) is 3.33. The highest BCUT2D eigenvalue weighted by molar-refractivity contribution is 5.87. The fraction of sp³-hybridized carbons (Fsp3) is 0.941. The minimum Gasteiger partial charge on any atom is -0.304 e. The normalized spacial score (nSPS) is 40.9. The number of hydrogen-bond donors (Lipinski definition) is 0. The maximum atomic E-state index is 13.0. The van der Waals surface area contributed by atoms with Crippen LogP contribution in [-0.2, 0) is 4.79 Å². The zero-order chi connectivity index (χ0) is 13.7. The maximum Gasteiger partial charge on any atom is 0.152 e. The van der Waals surface area contributed by atoms with Gasteiger partial charge in [0.2, 0.25) is 0 Å². The molecule has 5 rings (SSSR count). The summed E-state index contributed by atoms with van der Waals surface area (Å²) in [5.74, 6) is 3.26. The minimum absolute atomic E-state index is 0. The molecule has 5 fully saturated rings. The number of Topliss-reactive ketones (excluding diaryl/α,β-unsaturated/α-hetero) is 1. The van der Waals surface area contributed by atoms with E-state index < -0.39 is 0 Å². The predicted octanol–water partition coefficient (Wildman–Crippen LogP) is 2.86. The van der Waals surface area contributed by atoms with Crippen LogP contribution in [-0.4, -0.2) is 55.4 Å². The molecule has 1 saturated heterocycles. The van der Waals surface area contributed by atoms with Gasteiger partial charge in [-0.05, 0) is 63.3 Å². The number of rotatable bonds is 3. The number of likely N-dealkylation sites (N-methyl/N-ethyl adjacent to an activating group) is 1.